The molecule has 0 fully saturated rings. The first-order chi connectivity index (χ1) is 13.6. The zero-order chi connectivity index (χ0) is 20.2. The molecule has 0 radical (unpaired) electrons. The van der Waals surface area contributed by atoms with Crippen molar-refractivity contribution in [1.29, 1.82) is 0 Å². The molecule has 0 spiro atoms. The van der Waals surface area contributed by atoms with Gasteiger partial charge in [-0.3, -0.25) is 4.99 Å². The summed E-state index contributed by atoms with van der Waals surface area (Å²) < 4.78 is 5.82. The van der Waals surface area contributed by atoms with Crippen LogP contribution in [0.3, 0.4) is 0 Å². The molecule has 2 rings (SSSR count). The van der Waals surface area contributed by atoms with Gasteiger partial charge in [0.2, 0.25) is 0 Å². The lowest BCUT2D eigenvalue weighted by atomic mass is 10.1. The van der Waals surface area contributed by atoms with E-state index in [1.165, 1.54) is 16.7 Å². The van der Waals surface area contributed by atoms with Gasteiger partial charge < -0.3 is 20.3 Å². The van der Waals surface area contributed by atoms with Gasteiger partial charge in [0.1, 0.15) is 0 Å². The van der Waals surface area contributed by atoms with E-state index in [1.54, 1.807) is 7.05 Å². The minimum absolute atomic E-state index is 0. The maximum absolute atomic E-state index is 5.82. The van der Waals surface area contributed by atoms with Crippen LogP contribution in [0.15, 0.2) is 59.6 Å². The van der Waals surface area contributed by atoms with Gasteiger partial charge >= 0.3 is 0 Å². The second-order valence-corrected chi connectivity index (χ2v) is 7.42. The minimum Gasteiger partial charge on any atom is -0.376 e. The fraction of sp³-hybridized carbons (Fsp3) is 0.435. The molecule has 0 aliphatic heterocycles. The molecule has 1 atom stereocenters. The van der Waals surface area contributed by atoms with Crippen molar-refractivity contribution in [1.82, 2.24) is 15.5 Å². The van der Waals surface area contributed by atoms with Crippen molar-refractivity contribution >= 4 is 29.9 Å². The normalized spacial score (nSPS) is 12.4. The quantitative estimate of drug-likeness (QED) is 0.290. The Morgan fingerprint density at radius 2 is 1.66 bits per heavy atom. The van der Waals surface area contributed by atoms with Crippen LogP contribution in [0.5, 0.6) is 0 Å². The third-order valence-electron chi connectivity index (χ3n) is 4.41. The molecule has 5 nitrogen and oxygen atoms in total. The SMILES string of the molecule is CN=C(NCc1ccccc1CN(C)C)NCC(C)COCc1ccccc1.I. The van der Waals surface area contributed by atoms with E-state index in [2.05, 4.69) is 77.9 Å². The van der Waals surface area contributed by atoms with Gasteiger partial charge in [-0.1, -0.05) is 61.5 Å². The average molecular weight is 510 g/mol. The number of hydrogen-bond donors (Lipinski definition) is 2. The molecule has 2 N–H and O–H groups in total. The van der Waals surface area contributed by atoms with Crippen molar-refractivity contribution in [3.8, 4) is 0 Å². The predicted molar refractivity (Wildman–Crippen MR) is 133 cm³/mol. The second-order valence-electron chi connectivity index (χ2n) is 7.42. The topological polar surface area (TPSA) is 48.9 Å². The second kappa shape index (κ2) is 14.4. The zero-order valence-electron chi connectivity index (χ0n) is 18.0. The first kappa shape index (κ1) is 25.4. The summed E-state index contributed by atoms with van der Waals surface area (Å²) in [6, 6.07) is 18.8. The van der Waals surface area contributed by atoms with Crippen LogP contribution in [0.2, 0.25) is 0 Å². The Labute approximate surface area is 193 Å². The van der Waals surface area contributed by atoms with Crippen LogP contribution in [-0.2, 0) is 24.4 Å². The van der Waals surface area contributed by atoms with Crippen LogP contribution >= 0.6 is 24.0 Å². The van der Waals surface area contributed by atoms with E-state index in [9.17, 15) is 0 Å². The van der Waals surface area contributed by atoms with Gasteiger partial charge in [0, 0.05) is 26.7 Å². The first-order valence-electron chi connectivity index (χ1n) is 9.86. The highest BCUT2D eigenvalue weighted by Gasteiger charge is 2.07. The summed E-state index contributed by atoms with van der Waals surface area (Å²) in [5.41, 5.74) is 3.83. The van der Waals surface area contributed by atoms with E-state index in [4.69, 9.17) is 4.74 Å². The molecule has 2 aromatic carbocycles. The molecule has 0 saturated heterocycles. The first-order valence-corrected chi connectivity index (χ1v) is 9.86. The Morgan fingerprint density at radius 1 is 1.00 bits per heavy atom. The van der Waals surface area contributed by atoms with Crippen molar-refractivity contribution < 1.29 is 4.74 Å². The van der Waals surface area contributed by atoms with Crippen molar-refractivity contribution in [3.05, 3.63) is 71.3 Å². The van der Waals surface area contributed by atoms with Gasteiger partial charge in [-0.05, 0) is 36.7 Å². The number of nitrogens with zero attached hydrogens (tertiary/aromatic N) is 2. The van der Waals surface area contributed by atoms with Crippen molar-refractivity contribution in [2.24, 2.45) is 10.9 Å². The Bertz CT molecular complexity index is 722. The number of ether oxygens (including phenoxy) is 1. The van der Waals surface area contributed by atoms with E-state index in [0.29, 0.717) is 19.1 Å². The standard InChI is InChI=1S/C23H34N4O.HI/c1-19(17-28-18-20-10-6-5-7-11-20)14-25-23(24-2)26-15-21-12-8-9-13-22(21)16-27(3)4;/h5-13,19H,14-18H2,1-4H3,(H2,24,25,26);1H. The average Bonchev–Trinajstić information content (AvgIpc) is 2.69. The number of halogens is 1. The van der Waals surface area contributed by atoms with Gasteiger partial charge in [0.05, 0.1) is 13.2 Å². The van der Waals surface area contributed by atoms with E-state index < -0.39 is 0 Å². The molecular formula is C23H35IN4O. The maximum atomic E-state index is 5.82. The molecule has 29 heavy (non-hydrogen) atoms. The van der Waals surface area contributed by atoms with Gasteiger partial charge in [0.15, 0.2) is 5.96 Å². The number of rotatable bonds is 10. The van der Waals surface area contributed by atoms with Gasteiger partial charge in [-0.15, -0.1) is 24.0 Å². The zero-order valence-corrected chi connectivity index (χ0v) is 20.4. The summed E-state index contributed by atoms with van der Waals surface area (Å²) >= 11 is 0. The number of hydrogen-bond acceptors (Lipinski definition) is 3. The van der Waals surface area contributed by atoms with E-state index in [-0.39, 0.29) is 24.0 Å². The monoisotopic (exact) mass is 510 g/mol. The highest BCUT2D eigenvalue weighted by atomic mass is 127. The highest BCUT2D eigenvalue weighted by Crippen LogP contribution is 2.10. The minimum atomic E-state index is 0. The molecule has 1 unspecified atom stereocenters. The molecule has 0 amide bonds. The van der Waals surface area contributed by atoms with E-state index >= 15 is 0 Å². The Kier molecular flexibility index (Phi) is 12.6. The summed E-state index contributed by atoms with van der Waals surface area (Å²) in [5, 5.41) is 6.81. The highest BCUT2D eigenvalue weighted by molar-refractivity contribution is 14.0. The lowest BCUT2D eigenvalue weighted by Crippen LogP contribution is -2.39. The summed E-state index contributed by atoms with van der Waals surface area (Å²) in [6.45, 7) is 6.04. The van der Waals surface area contributed by atoms with Crippen LogP contribution in [0, 0.1) is 5.92 Å². The fourth-order valence-corrected chi connectivity index (χ4v) is 2.91. The molecule has 0 heterocycles. The molecule has 160 valence electrons. The number of aliphatic imine (C=N–C) groups is 1. The van der Waals surface area contributed by atoms with Gasteiger partial charge in [-0.2, -0.15) is 0 Å². The van der Waals surface area contributed by atoms with Crippen LogP contribution in [0.1, 0.15) is 23.6 Å². The van der Waals surface area contributed by atoms with Gasteiger partial charge in [0.25, 0.3) is 0 Å². The number of nitrogens with one attached hydrogen (secondary N) is 2. The molecule has 6 heteroatoms. The number of guanidine groups is 1. The van der Waals surface area contributed by atoms with Crippen molar-refractivity contribution in [2.75, 3.05) is 34.3 Å². The molecule has 0 saturated carbocycles. The van der Waals surface area contributed by atoms with Gasteiger partial charge in [-0.25, -0.2) is 0 Å². The molecule has 0 aromatic heterocycles. The lowest BCUT2D eigenvalue weighted by molar-refractivity contribution is 0.0931. The summed E-state index contributed by atoms with van der Waals surface area (Å²) in [4.78, 5) is 6.52. The largest absolute Gasteiger partial charge is 0.376 e. The molecule has 0 bridgehead atoms. The smallest absolute Gasteiger partial charge is 0.191 e. The van der Waals surface area contributed by atoms with Crippen LogP contribution < -0.4 is 10.6 Å². The molecule has 0 aliphatic rings. The molecule has 0 aliphatic carbocycles. The van der Waals surface area contributed by atoms with Crippen LogP contribution in [0.4, 0.5) is 0 Å². The molecular weight excluding hydrogens is 475 g/mol. The summed E-state index contributed by atoms with van der Waals surface area (Å²) in [7, 11) is 5.98. The maximum Gasteiger partial charge on any atom is 0.191 e. The Balaban J connectivity index is 0.00000420. The Hall–Kier alpha value is -1.64. The Morgan fingerprint density at radius 3 is 2.31 bits per heavy atom. The van der Waals surface area contributed by atoms with Crippen LogP contribution in [0.25, 0.3) is 0 Å². The van der Waals surface area contributed by atoms with Crippen molar-refractivity contribution in [2.45, 2.75) is 26.6 Å². The predicted octanol–water partition coefficient (Wildman–Crippen LogP) is 3.88. The van der Waals surface area contributed by atoms with Crippen molar-refractivity contribution in [3.63, 3.8) is 0 Å². The summed E-state index contributed by atoms with van der Waals surface area (Å²) in [6.07, 6.45) is 0. The molecule has 2 aromatic rings. The van der Waals surface area contributed by atoms with Crippen LogP contribution in [-0.4, -0.2) is 45.2 Å². The third kappa shape index (κ3) is 10.1. The summed E-state index contributed by atoms with van der Waals surface area (Å²) in [5.74, 6) is 1.21. The fourth-order valence-electron chi connectivity index (χ4n) is 2.91. The number of benzene rings is 2. The van der Waals surface area contributed by atoms with E-state index in [1.807, 2.05) is 18.2 Å². The third-order valence-corrected chi connectivity index (χ3v) is 4.41. The lowest BCUT2D eigenvalue weighted by Gasteiger charge is -2.18. The van der Waals surface area contributed by atoms with E-state index in [0.717, 1.165) is 25.6 Å².